The van der Waals surface area contributed by atoms with Crippen molar-refractivity contribution in [2.45, 2.75) is 51.0 Å². The van der Waals surface area contributed by atoms with Crippen molar-refractivity contribution in [1.29, 1.82) is 0 Å². The molecule has 1 unspecified atom stereocenters. The maximum Gasteiger partial charge on any atom is 0.138 e. The van der Waals surface area contributed by atoms with Gasteiger partial charge in [-0.3, -0.25) is 0 Å². The summed E-state index contributed by atoms with van der Waals surface area (Å²) in [5.74, 6) is 1.06. The highest BCUT2D eigenvalue weighted by Crippen LogP contribution is 2.35. The van der Waals surface area contributed by atoms with Gasteiger partial charge in [0.1, 0.15) is 11.4 Å². The number of nitrogens with zero attached hydrogens (tertiary/aromatic N) is 1. The Bertz CT molecular complexity index is 340. The molecule has 1 fully saturated rings. The van der Waals surface area contributed by atoms with E-state index in [9.17, 15) is 0 Å². The lowest BCUT2D eigenvalue weighted by atomic mass is 10.0. The molecule has 2 heterocycles. The smallest absolute Gasteiger partial charge is 0.138 e. The van der Waals surface area contributed by atoms with Crippen molar-refractivity contribution in [3.05, 3.63) is 17.2 Å². The van der Waals surface area contributed by atoms with E-state index in [1.807, 2.05) is 0 Å². The second-order valence-corrected chi connectivity index (χ2v) is 4.90. The lowest BCUT2D eigenvalue weighted by molar-refractivity contribution is 0.00989. The van der Waals surface area contributed by atoms with E-state index in [4.69, 9.17) is 9.72 Å². The third-order valence-electron chi connectivity index (χ3n) is 3.67. The molecule has 0 saturated carbocycles. The first-order valence-electron chi connectivity index (χ1n) is 6.00. The Balaban J connectivity index is 1.95. The van der Waals surface area contributed by atoms with Crippen molar-refractivity contribution in [1.82, 2.24) is 9.97 Å². The van der Waals surface area contributed by atoms with Gasteiger partial charge in [0, 0.05) is 12.3 Å². The third-order valence-corrected chi connectivity index (χ3v) is 3.67. The molecule has 1 saturated heterocycles. The van der Waals surface area contributed by atoms with Crippen LogP contribution in [0.5, 0.6) is 0 Å². The van der Waals surface area contributed by atoms with E-state index < -0.39 is 0 Å². The zero-order valence-corrected chi connectivity index (χ0v) is 9.31. The Labute approximate surface area is 90.2 Å². The fraction of sp³-hybridized carbons (Fsp3) is 0.750. The number of fused-ring (bicyclic) bond motifs is 1. The number of hydrogen-bond donors (Lipinski definition) is 1. The fourth-order valence-corrected chi connectivity index (χ4v) is 2.67. The summed E-state index contributed by atoms with van der Waals surface area (Å²) in [4.78, 5) is 8.20. The molecule has 1 aromatic rings. The molecule has 0 spiro atoms. The first-order valence-corrected chi connectivity index (χ1v) is 6.00. The normalized spacial score (nSPS) is 30.5. The van der Waals surface area contributed by atoms with Crippen molar-refractivity contribution in [2.75, 3.05) is 6.61 Å². The number of H-pyrrole nitrogens is 1. The Kier molecular flexibility index (Phi) is 2.09. The topological polar surface area (TPSA) is 37.9 Å². The minimum absolute atomic E-state index is 0.142. The second kappa shape index (κ2) is 3.34. The average molecular weight is 206 g/mol. The van der Waals surface area contributed by atoms with E-state index >= 15 is 0 Å². The molecule has 0 bridgehead atoms. The Morgan fingerprint density at radius 1 is 1.27 bits per heavy atom. The van der Waals surface area contributed by atoms with E-state index in [-0.39, 0.29) is 5.60 Å². The van der Waals surface area contributed by atoms with Crippen LogP contribution in [0.25, 0.3) is 0 Å². The lowest BCUT2D eigenvalue weighted by Crippen LogP contribution is -2.21. The summed E-state index contributed by atoms with van der Waals surface area (Å²) in [7, 11) is 0. The van der Waals surface area contributed by atoms with Crippen molar-refractivity contribution >= 4 is 0 Å². The van der Waals surface area contributed by atoms with Gasteiger partial charge < -0.3 is 9.72 Å². The van der Waals surface area contributed by atoms with Crippen molar-refractivity contribution < 1.29 is 4.74 Å². The largest absolute Gasteiger partial charge is 0.367 e. The van der Waals surface area contributed by atoms with Gasteiger partial charge in [-0.1, -0.05) is 0 Å². The predicted octanol–water partition coefficient (Wildman–Crippen LogP) is 2.31. The van der Waals surface area contributed by atoms with Crippen LogP contribution in [0.1, 0.15) is 49.8 Å². The zero-order valence-electron chi connectivity index (χ0n) is 9.31. The highest BCUT2D eigenvalue weighted by atomic mass is 16.5. The predicted molar refractivity (Wildman–Crippen MR) is 57.8 cm³/mol. The molecule has 2 aliphatic rings. The lowest BCUT2D eigenvalue weighted by Gasteiger charge is -2.19. The molecule has 1 N–H and O–H groups in total. The van der Waals surface area contributed by atoms with Gasteiger partial charge >= 0.3 is 0 Å². The second-order valence-electron chi connectivity index (χ2n) is 4.90. The molecule has 3 nitrogen and oxygen atoms in total. The van der Waals surface area contributed by atoms with E-state index in [1.54, 1.807) is 0 Å². The quantitative estimate of drug-likeness (QED) is 0.765. The van der Waals surface area contributed by atoms with Crippen molar-refractivity contribution in [3.8, 4) is 0 Å². The molecule has 3 rings (SSSR count). The molecule has 15 heavy (non-hydrogen) atoms. The van der Waals surface area contributed by atoms with Gasteiger partial charge in [-0.25, -0.2) is 4.98 Å². The van der Waals surface area contributed by atoms with Crippen LogP contribution < -0.4 is 0 Å². The van der Waals surface area contributed by atoms with Crippen molar-refractivity contribution in [2.24, 2.45) is 0 Å². The van der Waals surface area contributed by atoms with Crippen LogP contribution in [0, 0.1) is 0 Å². The highest BCUT2D eigenvalue weighted by molar-refractivity contribution is 5.20. The minimum atomic E-state index is -0.142. The SMILES string of the molecule is CC1(c2nc3c([nH]2)CCCC3)CCCO1. The van der Waals surface area contributed by atoms with Gasteiger partial charge in [-0.05, 0) is 45.4 Å². The minimum Gasteiger partial charge on any atom is -0.367 e. The Morgan fingerprint density at radius 2 is 2.13 bits per heavy atom. The van der Waals surface area contributed by atoms with Gasteiger partial charge in [-0.2, -0.15) is 0 Å². The standard InChI is InChI=1S/C12H18N2O/c1-12(7-4-8-15-12)11-13-9-5-2-3-6-10(9)14-11/h2-8H2,1H3,(H,13,14). The molecule has 1 aliphatic carbocycles. The summed E-state index contributed by atoms with van der Waals surface area (Å²) in [5, 5.41) is 0. The third kappa shape index (κ3) is 1.49. The van der Waals surface area contributed by atoms with Crippen LogP contribution in [-0.2, 0) is 23.2 Å². The molecule has 1 aliphatic heterocycles. The number of hydrogen-bond acceptors (Lipinski definition) is 2. The van der Waals surface area contributed by atoms with Crippen LogP contribution in [0.3, 0.4) is 0 Å². The average Bonchev–Trinajstić information content (AvgIpc) is 2.84. The van der Waals surface area contributed by atoms with E-state index in [2.05, 4.69) is 11.9 Å². The number of aryl methyl sites for hydroxylation is 2. The van der Waals surface area contributed by atoms with Crippen molar-refractivity contribution in [3.63, 3.8) is 0 Å². The summed E-state index contributed by atoms with van der Waals surface area (Å²) >= 11 is 0. The van der Waals surface area contributed by atoms with Gasteiger partial charge in [0.05, 0.1) is 5.69 Å². The summed E-state index contributed by atoms with van der Waals surface area (Å²) in [6, 6.07) is 0. The molecule has 0 radical (unpaired) electrons. The van der Waals surface area contributed by atoms with E-state index in [0.29, 0.717) is 0 Å². The molecule has 3 heteroatoms. The summed E-state index contributed by atoms with van der Waals surface area (Å²) in [6.07, 6.45) is 7.14. The number of rotatable bonds is 1. The first-order chi connectivity index (χ1) is 7.28. The zero-order chi connectivity index (χ0) is 10.3. The molecular weight excluding hydrogens is 188 g/mol. The first kappa shape index (κ1) is 9.40. The number of aromatic nitrogens is 2. The highest BCUT2D eigenvalue weighted by Gasteiger charge is 2.35. The molecule has 0 aromatic carbocycles. The molecule has 0 amide bonds. The number of nitrogens with one attached hydrogen (secondary N) is 1. The fourth-order valence-electron chi connectivity index (χ4n) is 2.67. The van der Waals surface area contributed by atoms with Gasteiger partial charge in [-0.15, -0.1) is 0 Å². The Hall–Kier alpha value is -0.830. The van der Waals surface area contributed by atoms with Gasteiger partial charge in [0.15, 0.2) is 0 Å². The van der Waals surface area contributed by atoms with E-state index in [1.165, 1.54) is 30.7 Å². The van der Waals surface area contributed by atoms with Gasteiger partial charge in [0.25, 0.3) is 0 Å². The van der Waals surface area contributed by atoms with Crippen LogP contribution in [0.15, 0.2) is 0 Å². The van der Waals surface area contributed by atoms with E-state index in [0.717, 1.165) is 31.7 Å². The number of imidazole rings is 1. The summed E-state index contributed by atoms with van der Waals surface area (Å²) < 4.78 is 5.81. The number of aromatic amines is 1. The number of ether oxygens (including phenoxy) is 1. The summed E-state index contributed by atoms with van der Waals surface area (Å²) in [5.41, 5.74) is 2.50. The maximum absolute atomic E-state index is 5.81. The molecule has 1 atom stereocenters. The van der Waals surface area contributed by atoms with Crippen LogP contribution in [-0.4, -0.2) is 16.6 Å². The maximum atomic E-state index is 5.81. The van der Waals surface area contributed by atoms with Crippen LogP contribution in [0.4, 0.5) is 0 Å². The molecule has 82 valence electrons. The van der Waals surface area contributed by atoms with Crippen LogP contribution >= 0.6 is 0 Å². The molecular formula is C12H18N2O. The van der Waals surface area contributed by atoms with Crippen LogP contribution in [0.2, 0.25) is 0 Å². The van der Waals surface area contributed by atoms with Gasteiger partial charge in [0.2, 0.25) is 0 Å². The monoisotopic (exact) mass is 206 g/mol. The molecule has 1 aromatic heterocycles. The summed E-state index contributed by atoms with van der Waals surface area (Å²) in [6.45, 7) is 3.03. The Morgan fingerprint density at radius 3 is 2.87 bits per heavy atom.